The maximum absolute atomic E-state index is 12.1. The Kier molecular flexibility index (Phi) is 4.61. The molecule has 20 heavy (non-hydrogen) atoms. The van der Waals surface area contributed by atoms with Gasteiger partial charge in [0, 0.05) is 24.5 Å². The molecule has 1 saturated heterocycles. The number of nitrogens with two attached hydrogens (primary N) is 1. The van der Waals surface area contributed by atoms with Gasteiger partial charge >= 0.3 is 0 Å². The van der Waals surface area contributed by atoms with Gasteiger partial charge in [-0.05, 0) is 19.8 Å². The second kappa shape index (κ2) is 6.06. The van der Waals surface area contributed by atoms with Crippen molar-refractivity contribution < 1.29 is 13.2 Å². The second-order valence-corrected chi connectivity index (χ2v) is 7.59. The summed E-state index contributed by atoms with van der Waals surface area (Å²) >= 11 is 1.24. The summed E-state index contributed by atoms with van der Waals surface area (Å²) in [5.74, 6) is -0.0701. The molecule has 0 spiro atoms. The third kappa shape index (κ3) is 3.68. The summed E-state index contributed by atoms with van der Waals surface area (Å²) < 4.78 is 25.6. The Hall–Kier alpha value is -1.19. The molecule has 0 saturated carbocycles. The largest absolute Gasteiger partial charge is 0.375 e. The van der Waals surface area contributed by atoms with Gasteiger partial charge < -0.3 is 10.6 Å². The van der Waals surface area contributed by atoms with E-state index >= 15 is 0 Å². The predicted octanol–water partition coefficient (Wildman–Crippen LogP) is 0.269. The first-order chi connectivity index (χ1) is 9.41. The van der Waals surface area contributed by atoms with Gasteiger partial charge in [-0.25, -0.2) is 18.1 Å². The average molecular weight is 318 g/mol. The number of carbonyl (C=O) groups is 1. The number of hydrogen-bond donors (Lipinski definition) is 2. The number of nitrogens with zero attached hydrogens (tertiary/aromatic N) is 2. The van der Waals surface area contributed by atoms with Gasteiger partial charge in [0.15, 0.2) is 5.13 Å². The first kappa shape index (κ1) is 15.2. The zero-order valence-corrected chi connectivity index (χ0v) is 12.8. The van der Waals surface area contributed by atoms with Crippen LogP contribution in [-0.2, 0) is 10.0 Å². The van der Waals surface area contributed by atoms with Crippen LogP contribution in [-0.4, -0.2) is 49.1 Å². The van der Waals surface area contributed by atoms with Crippen LogP contribution in [0, 0.1) is 0 Å². The fourth-order valence-electron chi connectivity index (χ4n) is 2.09. The molecule has 0 radical (unpaired) electrons. The van der Waals surface area contributed by atoms with Gasteiger partial charge in [0.25, 0.3) is 5.91 Å². The number of nitrogen functional groups attached to an aromatic ring is 1. The van der Waals surface area contributed by atoms with E-state index in [1.54, 1.807) is 17.2 Å². The maximum atomic E-state index is 12.1. The van der Waals surface area contributed by atoms with Crippen molar-refractivity contribution in [3.63, 3.8) is 0 Å². The van der Waals surface area contributed by atoms with E-state index in [-0.39, 0.29) is 17.7 Å². The van der Waals surface area contributed by atoms with Crippen LogP contribution < -0.4 is 10.5 Å². The molecule has 1 amide bonds. The Balaban J connectivity index is 1.90. The molecule has 3 N–H and O–H groups in total. The molecule has 1 aromatic heterocycles. The van der Waals surface area contributed by atoms with Crippen LogP contribution >= 0.6 is 11.3 Å². The minimum atomic E-state index is -3.19. The molecule has 0 atom stereocenters. The number of hydrogen-bond acceptors (Lipinski definition) is 6. The lowest BCUT2D eigenvalue weighted by Gasteiger charge is -2.31. The highest BCUT2D eigenvalue weighted by molar-refractivity contribution is 7.89. The monoisotopic (exact) mass is 318 g/mol. The summed E-state index contributed by atoms with van der Waals surface area (Å²) in [6.07, 6.45) is 1.23. The molecule has 0 aliphatic carbocycles. The number of rotatable bonds is 4. The van der Waals surface area contributed by atoms with Gasteiger partial charge in [0.2, 0.25) is 10.0 Å². The first-order valence-corrected chi connectivity index (χ1v) is 8.94. The zero-order valence-electron chi connectivity index (χ0n) is 11.2. The fraction of sp³-hybridized carbons (Fsp3) is 0.636. The van der Waals surface area contributed by atoms with Crippen molar-refractivity contribution in [2.75, 3.05) is 24.6 Å². The maximum Gasteiger partial charge on any atom is 0.273 e. The number of aromatic nitrogens is 1. The van der Waals surface area contributed by atoms with Gasteiger partial charge in [-0.1, -0.05) is 0 Å². The Morgan fingerprint density at radius 2 is 2.20 bits per heavy atom. The Morgan fingerprint density at radius 1 is 1.55 bits per heavy atom. The standard InChI is InChI=1S/C11H18N4O3S2/c1-2-20(17,18)14-8-3-5-15(6-4-8)10(16)9-7-19-11(12)13-9/h7-8,14H,2-6H2,1H3,(H2,12,13). The van der Waals surface area contributed by atoms with Crippen molar-refractivity contribution in [2.45, 2.75) is 25.8 Å². The number of likely N-dealkylation sites (tertiary alicyclic amines) is 1. The van der Waals surface area contributed by atoms with Gasteiger partial charge in [-0.15, -0.1) is 11.3 Å². The molecule has 7 nitrogen and oxygen atoms in total. The van der Waals surface area contributed by atoms with Gasteiger partial charge in [-0.2, -0.15) is 0 Å². The van der Waals surface area contributed by atoms with Crippen LogP contribution in [0.4, 0.5) is 5.13 Å². The van der Waals surface area contributed by atoms with Gasteiger partial charge in [-0.3, -0.25) is 4.79 Å². The summed E-state index contributed by atoms with van der Waals surface area (Å²) in [7, 11) is -3.19. The number of sulfonamides is 1. The molecule has 112 valence electrons. The molecular formula is C11H18N4O3S2. The summed E-state index contributed by atoms with van der Waals surface area (Å²) in [5, 5.41) is 2.02. The summed E-state index contributed by atoms with van der Waals surface area (Å²) in [4.78, 5) is 17.8. The van der Waals surface area contributed by atoms with Gasteiger partial charge in [0.05, 0.1) is 5.75 Å². The fourth-order valence-corrected chi connectivity index (χ4v) is 3.53. The van der Waals surface area contributed by atoms with Crippen molar-refractivity contribution in [1.82, 2.24) is 14.6 Å². The molecule has 0 unspecified atom stereocenters. The van der Waals surface area contributed by atoms with Crippen molar-refractivity contribution in [3.05, 3.63) is 11.1 Å². The normalized spacial score (nSPS) is 17.4. The number of nitrogens with one attached hydrogen (secondary N) is 1. The summed E-state index contributed by atoms with van der Waals surface area (Å²) in [6, 6.07) is -0.0931. The molecule has 9 heteroatoms. The van der Waals surface area contributed by atoms with Crippen LogP contribution in [0.2, 0.25) is 0 Å². The third-order valence-corrected chi connectivity index (χ3v) is 5.38. The highest BCUT2D eigenvalue weighted by Gasteiger charge is 2.26. The Labute approximate surface area is 122 Å². The lowest BCUT2D eigenvalue weighted by atomic mass is 10.1. The van der Waals surface area contributed by atoms with Gasteiger partial charge in [0.1, 0.15) is 5.69 Å². The molecule has 1 aliphatic rings. The molecular weight excluding hydrogens is 300 g/mol. The lowest BCUT2D eigenvalue weighted by molar-refractivity contribution is 0.0706. The second-order valence-electron chi connectivity index (χ2n) is 4.66. The number of carbonyl (C=O) groups excluding carboxylic acids is 1. The number of amides is 1. The topological polar surface area (TPSA) is 105 Å². The number of anilines is 1. The van der Waals surface area contributed by atoms with Crippen LogP contribution in [0.25, 0.3) is 0 Å². The average Bonchev–Trinajstić information content (AvgIpc) is 2.85. The quantitative estimate of drug-likeness (QED) is 0.829. The molecule has 0 bridgehead atoms. The molecule has 2 rings (SSSR count). The first-order valence-electron chi connectivity index (χ1n) is 6.41. The van der Waals surface area contributed by atoms with E-state index in [2.05, 4.69) is 9.71 Å². The highest BCUT2D eigenvalue weighted by Crippen LogP contribution is 2.17. The molecule has 1 fully saturated rings. The van der Waals surface area contributed by atoms with Crippen LogP contribution in [0.3, 0.4) is 0 Å². The Morgan fingerprint density at radius 3 is 2.70 bits per heavy atom. The zero-order chi connectivity index (χ0) is 14.8. The van der Waals surface area contributed by atoms with E-state index in [0.717, 1.165) is 0 Å². The van der Waals surface area contributed by atoms with E-state index in [0.29, 0.717) is 36.8 Å². The third-order valence-electron chi connectivity index (χ3n) is 3.25. The summed E-state index contributed by atoms with van der Waals surface area (Å²) in [5.41, 5.74) is 5.87. The predicted molar refractivity (Wildman–Crippen MR) is 78.0 cm³/mol. The molecule has 2 heterocycles. The van der Waals surface area contributed by atoms with Crippen molar-refractivity contribution in [2.24, 2.45) is 0 Å². The lowest BCUT2D eigenvalue weighted by Crippen LogP contribution is -2.46. The van der Waals surface area contributed by atoms with E-state index in [4.69, 9.17) is 5.73 Å². The minimum Gasteiger partial charge on any atom is -0.375 e. The smallest absolute Gasteiger partial charge is 0.273 e. The van der Waals surface area contributed by atoms with Crippen LogP contribution in [0.5, 0.6) is 0 Å². The van der Waals surface area contributed by atoms with Crippen molar-refractivity contribution in [3.8, 4) is 0 Å². The SMILES string of the molecule is CCS(=O)(=O)NC1CCN(C(=O)c2csc(N)n2)CC1. The molecule has 0 aromatic carbocycles. The highest BCUT2D eigenvalue weighted by atomic mass is 32.2. The number of piperidine rings is 1. The molecule has 1 aliphatic heterocycles. The Bertz CT molecular complexity index is 576. The molecule has 1 aromatic rings. The van der Waals surface area contributed by atoms with Crippen molar-refractivity contribution in [1.29, 1.82) is 0 Å². The minimum absolute atomic E-state index is 0.0737. The van der Waals surface area contributed by atoms with Crippen molar-refractivity contribution >= 4 is 32.4 Å². The number of thiazole rings is 1. The summed E-state index contributed by atoms with van der Waals surface area (Å²) in [6.45, 7) is 2.65. The van der Waals surface area contributed by atoms with E-state index in [9.17, 15) is 13.2 Å². The van der Waals surface area contributed by atoms with E-state index in [1.165, 1.54) is 11.3 Å². The van der Waals surface area contributed by atoms with Crippen LogP contribution in [0.15, 0.2) is 5.38 Å². The van der Waals surface area contributed by atoms with E-state index in [1.807, 2.05) is 0 Å². The van der Waals surface area contributed by atoms with E-state index < -0.39 is 10.0 Å². The van der Waals surface area contributed by atoms with Crippen LogP contribution in [0.1, 0.15) is 30.3 Å².